The molecule has 0 saturated carbocycles. The Kier molecular flexibility index (Phi) is 4.23. The van der Waals surface area contributed by atoms with Gasteiger partial charge in [0.25, 0.3) is 0 Å². The number of rotatable bonds is 3. The summed E-state index contributed by atoms with van der Waals surface area (Å²) in [5.41, 5.74) is 0.665. The predicted molar refractivity (Wildman–Crippen MR) is 75.9 cm³/mol. The van der Waals surface area contributed by atoms with Crippen molar-refractivity contribution in [2.24, 2.45) is 0 Å². The Bertz CT molecular complexity index is 503. The van der Waals surface area contributed by atoms with Crippen molar-refractivity contribution in [2.45, 2.75) is 25.3 Å². The molecule has 0 radical (unpaired) electrons. The molecule has 0 aromatic heterocycles. The summed E-state index contributed by atoms with van der Waals surface area (Å²) in [4.78, 5) is 14.2. The molecule has 108 valence electrons. The topological polar surface area (TPSA) is 73.1 Å². The van der Waals surface area contributed by atoms with Gasteiger partial charge in [-0.2, -0.15) is 0 Å². The first kappa shape index (κ1) is 14.7. The van der Waals surface area contributed by atoms with E-state index in [2.05, 4.69) is 10.2 Å². The molecule has 0 amide bonds. The summed E-state index contributed by atoms with van der Waals surface area (Å²) in [5.74, 6) is 0.0316. The number of hydrogen-bond acceptors (Lipinski definition) is 4. The van der Waals surface area contributed by atoms with Crippen molar-refractivity contribution < 1.29 is 15.0 Å². The molecule has 5 nitrogen and oxygen atoms in total. The molecular weight excluding hydrogens is 256 g/mol. The normalized spacial score (nSPS) is 28.1. The van der Waals surface area contributed by atoms with E-state index in [0.717, 1.165) is 18.7 Å². The first-order valence-electron chi connectivity index (χ1n) is 6.59. The molecule has 5 heteroatoms. The van der Waals surface area contributed by atoms with Crippen LogP contribution in [0.25, 0.3) is 0 Å². The summed E-state index contributed by atoms with van der Waals surface area (Å²) in [6, 6.07) is 9.93. The van der Waals surface area contributed by atoms with Gasteiger partial charge < -0.3 is 15.1 Å². The van der Waals surface area contributed by atoms with Gasteiger partial charge in [0.05, 0.1) is 6.61 Å². The number of nitrogens with one attached hydrogen (secondary N) is 1. The van der Waals surface area contributed by atoms with E-state index in [4.69, 9.17) is 4.74 Å². The van der Waals surface area contributed by atoms with Crippen molar-refractivity contribution >= 4 is 5.78 Å². The van der Waals surface area contributed by atoms with Gasteiger partial charge in [-0.05, 0) is 18.6 Å². The van der Waals surface area contributed by atoms with Gasteiger partial charge in [0.15, 0.2) is 11.9 Å². The molecule has 1 aromatic carbocycles. The third-order valence-corrected chi connectivity index (χ3v) is 3.88. The fraction of sp³-hybridized carbons (Fsp3) is 0.400. The second-order valence-electron chi connectivity index (χ2n) is 5.16. The van der Waals surface area contributed by atoms with Crippen molar-refractivity contribution in [1.29, 1.82) is 0 Å². The minimum atomic E-state index is -0.458. The molecule has 0 bridgehead atoms. The van der Waals surface area contributed by atoms with Gasteiger partial charge in [-0.1, -0.05) is 30.3 Å². The van der Waals surface area contributed by atoms with Crippen LogP contribution in [-0.2, 0) is 16.1 Å². The molecule has 20 heavy (non-hydrogen) atoms. The summed E-state index contributed by atoms with van der Waals surface area (Å²) in [7, 11) is 0. The number of ether oxygens (including phenoxy) is 1. The van der Waals surface area contributed by atoms with Crippen LogP contribution in [0.3, 0.4) is 0 Å². The maximum atomic E-state index is 12.1. The van der Waals surface area contributed by atoms with Gasteiger partial charge in [0.1, 0.15) is 5.66 Å². The molecule has 3 rings (SSSR count). The largest absolute Gasteiger partial charge is 0.412 e. The monoisotopic (exact) mass is 276 g/mol. The molecule has 0 unspecified atom stereocenters. The number of ketones is 1. The Balaban J connectivity index is 0.00000147. The zero-order chi connectivity index (χ0) is 13.3. The minimum Gasteiger partial charge on any atom is -0.412 e. The standard InChI is InChI=1S/C15H18N2O2.H2O/c1-15-14(19-11-12-5-3-2-4-6-12)13(18)7-9-17(15)10-8-16-15;/h2-7,9,14,16H,8,10-11H2,1H3;1H2/t14-,15+;/m0./s1. The molecule has 3 N–H and O–H groups in total. The molecule has 1 aromatic rings. The number of hydrogen-bond donors (Lipinski definition) is 1. The van der Waals surface area contributed by atoms with Crippen molar-refractivity contribution in [2.75, 3.05) is 13.1 Å². The van der Waals surface area contributed by atoms with E-state index in [9.17, 15) is 4.79 Å². The Morgan fingerprint density at radius 1 is 1.40 bits per heavy atom. The van der Waals surface area contributed by atoms with Crippen molar-refractivity contribution in [3.8, 4) is 0 Å². The van der Waals surface area contributed by atoms with Crippen LogP contribution in [0.1, 0.15) is 12.5 Å². The van der Waals surface area contributed by atoms with Crippen LogP contribution in [0.15, 0.2) is 42.6 Å². The van der Waals surface area contributed by atoms with Crippen LogP contribution < -0.4 is 5.32 Å². The van der Waals surface area contributed by atoms with Gasteiger partial charge in [-0.15, -0.1) is 0 Å². The second kappa shape index (κ2) is 5.75. The number of fused-ring (bicyclic) bond motifs is 1. The Morgan fingerprint density at radius 2 is 2.15 bits per heavy atom. The van der Waals surface area contributed by atoms with E-state index >= 15 is 0 Å². The second-order valence-corrected chi connectivity index (χ2v) is 5.16. The van der Waals surface area contributed by atoms with E-state index < -0.39 is 11.8 Å². The SMILES string of the molecule is C[C@@]12NCCN1C=CC(=O)[C@@H]2OCc1ccccc1.O. The van der Waals surface area contributed by atoms with E-state index in [1.165, 1.54) is 0 Å². The molecule has 1 saturated heterocycles. The van der Waals surface area contributed by atoms with Crippen LogP contribution in [0.5, 0.6) is 0 Å². The van der Waals surface area contributed by atoms with E-state index in [-0.39, 0.29) is 11.3 Å². The zero-order valence-electron chi connectivity index (χ0n) is 11.5. The molecular formula is C15H20N2O3. The summed E-state index contributed by atoms with van der Waals surface area (Å²) < 4.78 is 5.89. The quantitative estimate of drug-likeness (QED) is 0.870. The molecule has 2 aliphatic rings. The predicted octanol–water partition coefficient (Wildman–Crippen LogP) is 0.465. The van der Waals surface area contributed by atoms with Gasteiger partial charge >= 0.3 is 0 Å². The Morgan fingerprint density at radius 3 is 2.90 bits per heavy atom. The maximum Gasteiger partial charge on any atom is 0.189 e. The highest BCUT2D eigenvalue weighted by atomic mass is 16.5. The van der Waals surface area contributed by atoms with Crippen LogP contribution in [0.2, 0.25) is 0 Å². The molecule has 0 aliphatic carbocycles. The molecule has 2 aliphatic heterocycles. The van der Waals surface area contributed by atoms with Gasteiger partial charge in [-0.25, -0.2) is 0 Å². The highest BCUT2D eigenvalue weighted by Crippen LogP contribution is 2.28. The fourth-order valence-electron chi connectivity index (χ4n) is 2.76. The zero-order valence-corrected chi connectivity index (χ0v) is 11.5. The van der Waals surface area contributed by atoms with Crippen LogP contribution in [0.4, 0.5) is 0 Å². The van der Waals surface area contributed by atoms with Crippen LogP contribution in [0, 0.1) is 0 Å². The summed E-state index contributed by atoms with van der Waals surface area (Å²) in [5, 5.41) is 3.38. The third kappa shape index (κ3) is 2.47. The van der Waals surface area contributed by atoms with Crippen LogP contribution in [-0.4, -0.2) is 41.0 Å². The number of carbonyl (C=O) groups is 1. The highest BCUT2D eigenvalue weighted by Gasteiger charge is 2.47. The molecule has 2 atom stereocenters. The smallest absolute Gasteiger partial charge is 0.189 e. The first-order chi connectivity index (χ1) is 9.20. The summed E-state index contributed by atoms with van der Waals surface area (Å²) in [6.07, 6.45) is 3.02. The number of carbonyl (C=O) groups excluding carboxylic acids is 1. The van der Waals surface area contributed by atoms with E-state index in [1.54, 1.807) is 6.08 Å². The Hall–Kier alpha value is -1.69. The van der Waals surface area contributed by atoms with Crippen molar-refractivity contribution in [3.63, 3.8) is 0 Å². The van der Waals surface area contributed by atoms with Gasteiger partial charge in [0, 0.05) is 19.3 Å². The van der Waals surface area contributed by atoms with Crippen molar-refractivity contribution in [3.05, 3.63) is 48.2 Å². The lowest BCUT2D eigenvalue weighted by Gasteiger charge is -2.42. The first-order valence-corrected chi connectivity index (χ1v) is 6.59. The van der Waals surface area contributed by atoms with Gasteiger partial charge in [-0.3, -0.25) is 10.1 Å². The van der Waals surface area contributed by atoms with E-state index in [0.29, 0.717) is 6.61 Å². The lowest BCUT2D eigenvalue weighted by atomic mass is 9.97. The molecule has 0 spiro atoms. The van der Waals surface area contributed by atoms with Crippen LogP contribution >= 0.6 is 0 Å². The molecule has 1 fully saturated rings. The van der Waals surface area contributed by atoms with E-state index in [1.807, 2.05) is 43.5 Å². The van der Waals surface area contributed by atoms with Gasteiger partial charge in [0.2, 0.25) is 0 Å². The summed E-state index contributed by atoms with van der Waals surface area (Å²) in [6.45, 7) is 4.26. The lowest BCUT2D eigenvalue weighted by molar-refractivity contribution is -0.139. The fourth-order valence-corrected chi connectivity index (χ4v) is 2.76. The lowest BCUT2D eigenvalue weighted by Crippen LogP contribution is -2.61. The summed E-state index contributed by atoms with van der Waals surface area (Å²) >= 11 is 0. The highest BCUT2D eigenvalue weighted by molar-refractivity contribution is 5.95. The minimum absolute atomic E-state index is 0. The maximum absolute atomic E-state index is 12.1. The molecule has 2 heterocycles. The average molecular weight is 276 g/mol. The average Bonchev–Trinajstić information content (AvgIpc) is 2.80. The number of benzene rings is 1. The van der Waals surface area contributed by atoms with Crippen molar-refractivity contribution in [1.82, 2.24) is 10.2 Å². The number of nitrogens with zero attached hydrogens (tertiary/aromatic N) is 1. The third-order valence-electron chi connectivity index (χ3n) is 3.88. The Labute approximate surface area is 118 Å².